The van der Waals surface area contributed by atoms with Crippen LogP contribution in [0, 0.1) is 13.8 Å². The van der Waals surface area contributed by atoms with Crippen LogP contribution < -0.4 is 10.1 Å². The minimum Gasteiger partial charge on any atom is -0.481 e. The zero-order valence-electron chi connectivity index (χ0n) is 17.5. The summed E-state index contributed by atoms with van der Waals surface area (Å²) >= 11 is 7.55. The predicted molar refractivity (Wildman–Crippen MR) is 121 cm³/mol. The van der Waals surface area contributed by atoms with Gasteiger partial charge >= 0.3 is 0 Å². The van der Waals surface area contributed by atoms with Gasteiger partial charge < -0.3 is 14.6 Å². The second-order valence-corrected chi connectivity index (χ2v) is 8.23. The predicted octanol–water partition coefficient (Wildman–Crippen LogP) is 5.44. The normalized spacial score (nSPS) is 11.9. The van der Waals surface area contributed by atoms with Crippen LogP contribution in [-0.2, 0) is 11.3 Å². The van der Waals surface area contributed by atoms with Crippen LogP contribution in [0.1, 0.15) is 36.9 Å². The highest BCUT2D eigenvalue weighted by atomic mass is 35.5. The first-order chi connectivity index (χ1) is 14.4. The molecule has 2 aromatic carbocycles. The minimum absolute atomic E-state index is 0.0787. The highest BCUT2D eigenvalue weighted by molar-refractivity contribution is 7.99. The monoisotopic (exact) mass is 444 g/mol. The Kier molecular flexibility index (Phi) is 7.39. The summed E-state index contributed by atoms with van der Waals surface area (Å²) < 4.78 is 7.93. The Morgan fingerprint density at radius 1 is 1.17 bits per heavy atom. The fourth-order valence-corrected chi connectivity index (χ4v) is 4.10. The molecule has 0 radical (unpaired) electrons. The molecule has 0 saturated heterocycles. The van der Waals surface area contributed by atoms with E-state index in [1.54, 1.807) is 6.07 Å². The maximum absolute atomic E-state index is 12.5. The molecule has 0 aliphatic rings. The first-order valence-corrected chi connectivity index (χ1v) is 11.1. The van der Waals surface area contributed by atoms with Crippen LogP contribution >= 0.6 is 23.4 Å². The van der Waals surface area contributed by atoms with Crippen molar-refractivity contribution in [2.75, 3.05) is 11.1 Å². The van der Waals surface area contributed by atoms with Gasteiger partial charge in [0, 0.05) is 12.2 Å². The number of carbonyl (C=O) groups excluding carboxylic acids is 1. The van der Waals surface area contributed by atoms with E-state index in [1.165, 1.54) is 11.8 Å². The molecular formula is C22H25ClN4O2S. The third-order valence-corrected chi connectivity index (χ3v) is 5.92. The van der Waals surface area contributed by atoms with Gasteiger partial charge in [-0.2, -0.15) is 0 Å². The lowest BCUT2D eigenvalue weighted by Gasteiger charge is -2.16. The molecule has 6 nitrogen and oxygen atoms in total. The smallest absolute Gasteiger partial charge is 0.234 e. The molecule has 3 rings (SSSR count). The fraction of sp³-hybridized carbons (Fsp3) is 0.318. The van der Waals surface area contributed by atoms with Crippen molar-refractivity contribution in [2.24, 2.45) is 0 Å². The number of para-hydroxylation sites is 2. The number of halogens is 1. The number of thioether (sulfide) groups is 1. The molecule has 1 N–H and O–H groups in total. The topological polar surface area (TPSA) is 69.0 Å². The third kappa shape index (κ3) is 5.15. The molecule has 0 aliphatic heterocycles. The number of aryl methyl sites for hydroxylation is 2. The summed E-state index contributed by atoms with van der Waals surface area (Å²) in [6, 6.07) is 13.3. The Balaban J connectivity index is 1.67. The van der Waals surface area contributed by atoms with Gasteiger partial charge in [0.05, 0.1) is 10.8 Å². The van der Waals surface area contributed by atoms with Crippen LogP contribution in [0.15, 0.2) is 47.6 Å². The average molecular weight is 445 g/mol. The SMILES string of the molecule is CCn1c(SCC(=O)Nc2c(C)cccc2C)nnc1C(C)Oc1ccccc1Cl. The molecule has 0 aliphatic carbocycles. The van der Waals surface area contributed by atoms with Gasteiger partial charge in [0.15, 0.2) is 17.1 Å². The van der Waals surface area contributed by atoms with Crippen molar-refractivity contribution in [3.05, 3.63) is 64.4 Å². The van der Waals surface area contributed by atoms with Gasteiger partial charge in [-0.15, -0.1) is 10.2 Å². The van der Waals surface area contributed by atoms with E-state index >= 15 is 0 Å². The number of amides is 1. The van der Waals surface area contributed by atoms with Gasteiger partial charge in [0.25, 0.3) is 0 Å². The lowest BCUT2D eigenvalue weighted by molar-refractivity contribution is -0.113. The summed E-state index contributed by atoms with van der Waals surface area (Å²) in [7, 11) is 0. The highest BCUT2D eigenvalue weighted by Gasteiger charge is 2.20. The second-order valence-electron chi connectivity index (χ2n) is 6.88. The summed E-state index contributed by atoms with van der Waals surface area (Å²) in [6.45, 7) is 8.54. The van der Waals surface area contributed by atoms with E-state index in [0.29, 0.717) is 28.3 Å². The molecule has 158 valence electrons. The Labute approximate surface area is 186 Å². The number of ether oxygens (including phenoxy) is 1. The van der Waals surface area contributed by atoms with Gasteiger partial charge in [0.2, 0.25) is 5.91 Å². The van der Waals surface area contributed by atoms with Crippen molar-refractivity contribution >= 4 is 35.0 Å². The second kappa shape index (κ2) is 10.00. The Hall–Kier alpha value is -2.51. The van der Waals surface area contributed by atoms with Crippen molar-refractivity contribution in [1.82, 2.24) is 14.8 Å². The van der Waals surface area contributed by atoms with Crippen LogP contribution in [0.2, 0.25) is 5.02 Å². The largest absolute Gasteiger partial charge is 0.481 e. The van der Waals surface area contributed by atoms with E-state index < -0.39 is 0 Å². The quantitative estimate of drug-likeness (QED) is 0.468. The summed E-state index contributed by atoms with van der Waals surface area (Å²) in [6.07, 6.45) is -0.338. The summed E-state index contributed by atoms with van der Waals surface area (Å²) in [5, 5.41) is 12.8. The van der Waals surface area contributed by atoms with Gasteiger partial charge in [-0.05, 0) is 51.0 Å². The number of rotatable bonds is 8. The molecule has 1 heterocycles. The summed E-state index contributed by atoms with van der Waals surface area (Å²) in [5.41, 5.74) is 2.94. The van der Waals surface area contributed by atoms with E-state index in [9.17, 15) is 4.79 Å². The van der Waals surface area contributed by atoms with E-state index in [4.69, 9.17) is 16.3 Å². The van der Waals surface area contributed by atoms with E-state index in [-0.39, 0.29) is 17.8 Å². The summed E-state index contributed by atoms with van der Waals surface area (Å²) in [4.78, 5) is 12.5. The van der Waals surface area contributed by atoms with E-state index in [1.807, 2.05) is 68.7 Å². The van der Waals surface area contributed by atoms with Gasteiger partial charge in [-0.1, -0.05) is 53.7 Å². The van der Waals surface area contributed by atoms with Gasteiger partial charge in [0.1, 0.15) is 5.75 Å². The Morgan fingerprint density at radius 2 is 1.87 bits per heavy atom. The average Bonchev–Trinajstić information content (AvgIpc) is 3.14. The molecule has 0 fully saturated rings. The van der Waals surface area contributed by atoms with E-state index in [0.717, 1.165) is 16.8 Å². The first-order valence-electron chi connectivity index (χ1n) is 9.73. The molecule has 1 aromatic heterocycles. The Morgan fingerprint density at radius 3 is 2.53 bits per heavy atom. The van der Waals surface area contributed by atoms with Crippen LogP contribution in [0.5, 0.6) is 5.75 Å². The third-order valence-electron chi connectivity index (χ3n) is 4.64. The fourth-order valence-electron chi connectivity index (χ4n) is 3.11. The number of anilines is 1. The van der Waals surface area contributed by atoms with E-state index in [2.05, 4.69) is 15.5 Å². The van der Waals surface area contributed by atoms with Gasteiger partial charge in [-0.3, -0.25) is 4.79 Å². The maximum atomic E-state index is 12.5. The number of aromatic nitrogens is 3. The zero-order chi connectivity index (χ0) is 21.7. The first kappa shape index (κ1) is 22.2. The van der Waals surface area contributed by atoms with Gasteiger partial charge in [-0.25, -0.2) is 0 Å². The molecule has 8 heteroatoms. The van der Waals surface area contributed by atoms with Crippen LogP contribution in [-0.4, -0.2) is 26.4 Å². The number of carbonyl (C=O) groups is 1. The van der Waals surface area contributed by atoms with Crippen molar-refractivity contribution in [3.8, 4) is 5.75 Å². The van der Waals surface area contributed by atoms with Crippen molar-refractivity contribution < 1.29 is 9.53 Å². The maximum Gasteiger partial charge on any atom is 0.234 e. The van der Waals surface area contributed by atoms with Crippen molar-refractivity contribution in [2.45, 2.75) is 45.5 Å². The van der Waals surface area contributed by atoms with Crippen LogP contribution in [0.4, 0.5) is 5.69 Å². The molecule has 30 heavy (non-hydrogen) atoms. The van der Waals surface area contributed by atoms with Crippen molar-refractivity contribution in [3.63, 3.8) is 0 Å². The highest BCUT2D eigenvalue weighted by Crippen LogP contribution is 2.29. The molecule has 0 bridgehead atoms. The van der Waals surface area contributed by atoms with Crippen LogP contribution in [0.25, 0.3) is 0 Å². The molecule has 1 atom stereocenters. The number of benzene rings is 2. The number of hydrogen-bond acceptors (Lipinski definition) is 5. The van der Waals surface area contributed by atoms with Crippen LogP contribution in [0.3, 0.4) is 0 Å². The standard InChI is InChI=1S/C22H25ClN4O2S/c1-5-27-21(16(4)29-18-12-7-6-11-17(18)23)25-26-22(27)30-13-19(28)24-20-14(2)9-8-10-15(20)3/h6-12,16H,5,13H2,1-4H3,(H,24,28). The minimum atomic E-state index is -0.338. The lowest BCUT2D eigenvalue weighted by atomic mass is 10.1. The summed E-state index contributed by atoms with van der Waals surface area (Å²) in [5.74, 6) is 1.45. The molecule has 3 aromatic rings. The zero-order valence-corrected chi connectivity index (χ0v) is 19.0. The Bertz CT molecular complexity index is 1020. The lowest BCUT2D eigenvalue weighted by Crippen LogP contribution is -2.16. The molecular weight excluding hydrogens is 420 g/mol. The van der Waals surface area contributed by atoms with Crippen molar-refractivity contribution in [1.29, 1.82) is 0 Å². The number of hydrogen-bond donors (Lipinski definition) is 1. The number of nitrogens with one attached hydrogen (secondary N) is 1. The molecule has 0 spiro atoms. The molecule has 1 unspecified atom stereocenters. The molecule has 1 amide bonds. The molecule has 0 saturated carbocycles. The number of nitrogens with zero attached hydrogens (tertiary/aromatic N) is 3.